The molecule has 6 heteroatoms. The van der Waals surface area contributed by atoms with Crippen molar-refractivity contribution in [1.29, 1.82) is 0 Å². The Kier molecular flexibility index (Phi) is 4.67. The Bertz CT molecular complexity index is 440. The van der Waals surface area contributed by atoms with E-state index in [4.69, 9.17) is 10.9 Å². The number of carbonyl (C=O) groups excluding carboxylic acids is 1. The van der Waals surface area contributed by atoms with Crippen LogP contribution in [0.15, 0.2) is 29.4 Å². The van der Waals surface area contributed by atoms with Gasteiger partial charge in [0.2, 0.25) is 5.91 Å². The maximum atomic E-state index is 11.4. The summed E-state index contributed by atoms with van der Waals surface area (Å²) in [5, 5.41) is 14.8. The number of hydrogen-bond donors (Lipinski definition) is 2. The van der Waals surface area contributed by atoms with E-state index in [0.717, 1.165) is 5.56 Å². The average molecular weight is 250 g/mol. The van der Waals surface area contributed by atoms with Crippen LogP contribution in [0.3, 0.4) is 0 Å². The maximum Gasteiger partial charge on any atom is 0.234 e. The van der Waals surface area contributed by atoms with Crippen molar-refractivity contribution in [3.63, 3.8) is 0 Å². The summed E-state index contributed by atoms with van der Waals surface area (Å²) in [7, 11) is 3.62. The van der Waals surface area contributed by atoms with Gasteiger partial charge in [-0.25, -0.2) is 5.01 Å². The second-order valence-electron chi connectivity index (χ2n) is 4.11. The second-order valence-corrected chi connectivity index (χ2v) is 4.11. The highest BCUT2D eigenvalue weighted by Gasteiger charge is 2.11. The lowest BCUT2D eigenvalue weighted by molar-refractivity contribution is -0.143. The highest BCUT2D eigenvalue weighted by Crippen LogP contribution is 2.08. The predicted molar refractivity (Wildman–Crippen MR) is 68.9 cm³/mol. The van der Waals surface area contributed by atoms with Crippen molar-refractivity contribution in [3.05, 3.63) is 35.4 Å². The molecule has 6 nitrogen and oxygen atoms in total. The molecule has 0 bridgehead atoms. The van der Waals surface area contributed by atoms with Crippen LogP contribution in [-0.4, -0.2) is 41.1 Å². The normalized spacial score (nSPS) is 11.7. The van der Waals surface area contributed by atoms with Gasteiger partial charge in [0.1, 0.15) is 0 Å². The number of amidine groups is 1. The van der Waals surface area contributed by atoms with Gasteiger partial charge in [0.15, 0.2) is 5.84 Å². The van der Waals surface area contributed by atoms with Gasteiger partial charge in [-0.2, -0.15) is 0 Å². The van der Waals surface area contributed by atoms with Crippen LogP contribution < -0.4 is 5.73 Å². The number of nitrogens with zero attached hydrogens (tertiary/aromatic N) is 3. The molecule has 1 aromatic rings. The van der Waals surface area contributed by atoms with Crippen LogP contribution in [0.1, 0.15) is 18.1 Å². The molecule has 0 spiro atoms. The van der Waals surface area contributed by atoms with Gasteiger partial charge >= 0.3 is 0 Å². The summed E-state index contributed by atoms with van der Waals surface area (Å²) in [5.74, 6) is 0.0399. The van der Waals surface area contributed by atoms with Gasteiger partial charge in [0.25, 0.3) is 0 Å². The number of carbonyl (C=O) groups is 1. The zero-order valence-electron chi connectivity index (χ0n) is 10.8. The van der Waals surface area contributed by atoms with Crippen LogP contribution in [0.25, 0.3) is 0 Å². The summed E-state index contributed by atoms with van der Waals surface area (Å²) in [4.78, 5) is 11.4. The number of hydrazine groups is 1. The summed E-state index contributed by atoms with van der Waals surface area (Å²) >= 11 is 0. The van der Waals surface area contributed by atoms with Crippen molar-refractivity contribution < 1.29 is 10.0 Å². The Labute approximate surface area is 106 Å². The van der Waals surface area contributed by atoms with Gasteiger partial charge in [-0.3, -0.25) is 9.80 Å². The van der Waals surface area contributed by atoms with Crippen LogP contribution in [0.2, 0.25) is 0 Å². The van der Waals surface area contributed by atoms with Crippen molar-refractivity contribution in [2.24, 2.45) is 10.9 Å². The predicted octanol–water partition coefficient (Wildman–Crippen LogP) is 0.606. The van der Waals surface area contributed by atoms with Crippen molar-refractivity contribution in [1.82, 2.24) is 10.0 Å². The molecule has 0 aliphatic carbocycles. The first-order valence-corrected chi connectivity index (χ1v) is 5.48. The largest absolute Gasteiger partial charge is 0.409 e. The lowest BCUT2D eigenvalue weighted by Crippen LogP contribution is -2.39. The van der Waals surface area contributed by atoms with Crippen LogP contribution in [0, 0.1) is 0 Å². The van der Waals surface area contributed by atoms with E-state index >= 15 is 0 Å². The molecular formula is C12H18N4O2. The summed E-state index contributed by atoms with van der Waals surface area (Å²) in [6, 6.07) is 7.18. The third-order valence-corrected chi connectivity index (χ3v) is 2.54. The fourth-order valence-electron chi connectivity index (χ4n) is 1.55. The molecule has 98 valence electrons. The molecule has 0 unspecified atom stereocenters. The monoisotopic (exact) mass is 250 g/mol. The maximum absolute atomic E-state index is 11.4. The standard InChI is InChI=1S/C12H18N4O2/c1-9(17)16(15(2)3)8-10-4-6-11(7-5-10)12(13)14-18/h4-7,18H,8H2,1-3H3,(H2,13,14). The molecule has 0 saturated carbocycles. The second kappa shape index (κ2) is 6.02. The zero-order valence-corrected chi connectivity index (χ0v) is 10.8. The lowest BCUT2D eigenvalue weighted by Gasteiger charge is -2.27. The Balaban J connectivity index is 2.83. The Morgan fingerprint density at radius 2 is 1.89 bits per heavy atom. The molecule has 0 atom stereocenters. The molecule has 1 amide bonds. The van der Waals surface area contributed by atoms with Gasteiger partial charge in [0.05, 0.1) is 6.54 Å². The van der Waals surface area contributed by atoms with E-state index in [0.29, 0.717) is 12.1 Å². The molecule has 3 N–H and O–H groups in total. The minimum Gasteiger partial charge on any atom is -0.409 e. The van der Waals surface area contributed by atoms with Gasteiger partial charge < -0.3 is 10.9 Å². The number of oxime groups is 1. The van der Waals surface area contributed by atoms with Crippen LogP contribution in [-0.2, 0) is 11.3 Å². The minimum absolute atomic E-state index is 0.0273. The van der Waals surface area contributed by atoms with E-state index in [1.165, 1.54) is 6.92 Å². The van der Waals surface area contributed by atoms with Crippen LogP contribution >= 0.6 is 0 Å². The first kappa shape index (κ1) is 14.0. The number of benzene rings is 1. The average Bonchev–Trinajstić information content (AvgIpc) is 2.35. The Morgan fingerprint density at radius 3 is 2.28 bits per heavy atom. The van der Waals surface area contributed by atoms with Crippen LogP contribution in [0.4, 0.5) is 0 Å². The summed E-state index contributed by atoms with van der Waals surface area (Å²) in [5.41, 5.74) is 7.07. The molecule has 0 aliphatic rings. The minimum atomic E-state index is -0.0273. The fourth-order valence-corrected chi connectivity index (χ4v) is 1.55. The first-order valence-electron chi connectivity index (χ1n) is 5.48. The van der Waals surface area contributed by atoms with Gasteiger partial charge in [-0.15, -0.1) is 0 Å². The highest BCUT2D eigenvalue weighted by atomic mass is 16.4. The molecule has 0 aliphatic heterocycles. The SMILES string of the molecule is CC(=O)N(Cc1ccc(/C(N)=N/O)cc1)N(C)C. The molecular weight excluding hydrogens is 232 g/mol. The highest BCUT2D eigenvalue weighted by molar-refractivity contribution is 5.96. The van der Waals surface area contributed by atoms with Gasteiger partial charge in [0, 0.05) is 26.6 Å². The number of nitrogens with two attached hydrogens (primary N) is 1. The van der Waals surface area contributed by atoms with E-state index in [1.807, 2.05) is 26.2 Å². The molecule has 18 heavy (non-hydrogen) atoms. The number of amides is 1. The van der Waals surface area contributed by atoms with Crippen molar-refractivity contribution in [2.45, 2.75) is 13.5 Å². The summed E-state index contributed by atoms with van der Waals surface area (Å²) < 4.78 is 0. The Hall–Kier alpha value is -2.08. The summed E-state index contributed by atoms with van der Waals surface area (Å²) in [6.07, 6.45) is 0. The van der Waals surface area contributed by atoms with Crippen molar-refractivity contribution in [3.8, 4) is 0 Å². The third-order valence-electron chi connectivity index (χ3n) is 2.54. The number of rotatable bonds is 4. The van der Waals surface area contributed by atoms with E-state index in [9.17, 15) is 4.79 Å². The molecule has 1 aromatic carbocycles. The quantitative estimate of drug-likeness (QED) is 0.355. The molecule has 1 rings (SSSR count). The third kappa shape index (κ3) is 3.46. The van der Waals surface area contributed by atoms with Crippen LogP contribution in [0.5, 0.6) is 0 Å². The van der Waals surface area contributed by atoms with Crippen molar-refractivity contribution in [2.75, 3.05) is 14.1 Å². The van der Waals surface area contributed by atoms with Gasteiger partial charge in [-0.1, -0.05) is 29.4 Å². The van der Waals surface area contributed by atoms with E-state index in [1.54, 1.807) is 22.2 Å². The molecule has 0 radical (unpaired) electrons. The zero-order chi connectivity index (χ0) is 13.7. The smallest absolute Gasteiger partial charge is 0.234 e. The molecule has 0 heterocycles. The van der Waals surface area contributed by atoms with Crippen molar-refractivity contribution >= 4 is 11.7 Å². The van der Waals surface area contributed by atoms with E-state index < -0.39 is 0 Å². The van der Waals surface area contributed by atoms with E-state index in [2.05, 4.69) is 5.16 Å². The molecule has 0 fully saturated rings. The van der Waals surface area contributed by atoms with Gasteiger partial charge in [-0.05, 0) is 5.56 Å². The Morgan fingerprint density at radius 1 is 1.33 bits per heavy atom. The lowest BCUT2D eigenvalue weighted by atomic mass is 10.1. The molecule has 0 aromatic heterocycles. The number of hydrogen-bond acceptors (Lipinski definition) is 4. The molecule has 0 saturated heterocycles. The summed E-state index contributed by atoms with van der Waals surface area (Å²) in [6.45, 7) is 2.00. The topological polar surface area (TPSA) is 82.2 Å². The first-order chi connectivity index (χ1) is 8.45. The fraction of sp³-hybridized carbons (Fsp3) is 0.333. The van der Waals surface area contributed by atoms with E-state index in [-0.39, 0.29) is 11.7 Å².